The monoisotopic (exact) mass is 450 g/mol. The van der Waals surface area contributed by atoms with Crippen molar-refractivity contribution in [1.29, 1.82) is 0 Å². The molecule has 0 bridgehead atoms. The molecule has 0 aliphatic carbocycles. The third-order valence-corrected chi connectivity index (χ3v) is 12.5. The van der Waals surface area contributed by atoms with E-state index in [1.165, 1.54) is 63.7 Å². The number of nitrogens with zero attached hydrogens (tertiary/aromatic N) is 1. The van der Waals surface area contributed by atoms with Gasteiger partial charge < -0.3 is 0 Å². The second-order valence-corrected chi connectivity index (χ2v) is 15.9. The van der Waals surface area contributed by atoms with E-state index in [1.54, 1.807) is 5.19 Å². The first-order chi connectivity index (χ1) is 15.8. The molecule has 4 aromatic rings. The Morgan fingerprint density at radius 2 is 1.55 bits per heavy atom. The lowest BCUT2D eigenvalue weighted by atomic mass is 9.87. The van der Waals surface area contributed by atoms with Gasteiger partial charge in [0.2, 0.25) is 5.69 Å². The Hall–Kier alpha value is -2.71. The van der Waals surface area contributed by atoms with Crippen LogP contribution in [0.5, 0.6) is 0 Å². The van der Waals surface area contributed by atoms with Gasteiger partial charge in [0, 0.05) is 11.6 Å². The molecule has 0 atom stereocenters. The molecule has 1 aromatic heterocycles. The van der Waals surface area contributed by atoms with Gasteiger partial charge in [-0.3, -0.25) is 0 Å². The van der Waals surface area contributed by atoms with E-state index in [4.69, 9.17) is 0 Å². The molecule has 3 aromatic carbocycles. The van der Waals surface area contributed by atoms with Gasteiger partial charge >= 0.3 is 0 Å². The molecule has 1 saturated heterocycles. The third kappa shape index (κ3) is 4.17. The van der Waals surface area contributed by atoms with E-state index in [9.17, 15) is 0 Å². The van der Waals surface area contributed by atoms with Crippen molar-refractivity contribution in [1.82, 2.24) is 0 Å². The molecule has 0 radical (unpaired) electrons. The summed E-state index contributed by atoms with van der Waals surface area (Å²) in [7, 11) is 0.781. The molecule has 0 N–H and O–H groups in total. The molecule has 1 aliphatic rings. The highest BCUT2D eigenvalue weighted by molar-refractivity contribution is 6.91. The summed E-state index contributed by atoms with van der Waals surface area (Å²) >= 11 is 0. The van der Waals surface area contributed by atoms with Crippen LogP contribution >= 0.6 is 0 Å². The Balaban J connectivity index is 1.56. The highest BCUT2D eigenvalue weighted by atomic mass is 28.3. The summed E-state index contributed by atoms with van der Waals surface area (Å²) in [6.07, 6.45) is 4.98. The maximum atomic E-state index is 2.61. The van der Waals surface area contributed by atoms with E-state index in [0.29, 0.717) is 5.41 Å². The quantitative estimate of drug-likeness (QED) is 0.226. The fourth-order valence-corrected chi connectivity index (χ4v) is 9.86. The second kappa shape index (κ2) is 8.25. The first kappa shape index (κ1) is 22.1. The molecule has 5 rings (SSSR count). The molecule has 1 fully saturated rings. The van der Waals surface area contributed by atoms with Crippen LogP contribution in [0, 0.1) is 12.3 Å². The van der Waals surface area contributed by atoms with Gasteiger partial charge in [0.1, 0.15) is 7.05 Å². The second-order valence-electron chi connectivity index (χ2n) is 11.2. The molecule has 0 unspecified atom stereocenters. The van der Waals surface area contributed by atoms with Crippen molar-refractivity contribution in [2.24, 2.45) is 12.5 Å². The zero-order valence-corrected chi connectivity index (χ0v) is 21.8. The molecular weight excluding hydrogens is 414 g/mol. The summed E-state index contributed by atoms with van der Waals surface area (Å²) in [4.78, 5) is 0. The largest absolute Gasteiger partial charge is 0.220 e. The number of fused-ring (bicyclic) bond motifs is 1. The van der Waals surface area contributed by atoms with Gasteiger partial charge in [-0.25, -0.2) is 4.57 Å². The highest BCUT2D eigenvalue weighted by Gasteiger charge is 2.38. The van der Waals surface area contributed by atoms with Gasteiger partial charge in [-0.15, -0.1) is 0 Å². The fourth-order valence-electron chi connectivity index (χ4n) is 5.59. The fraction of sp³-hybridized carbons (Fsp3) is 0.323. The SMILES string of the molecule is Cc1cc(-c2ccccc2)ccc1-c1c2ccc([Si]3(C)CCC(C)(C)CC3)cc2cc[n+]1C. The van der Waals surface area contributed by atoms with Crippen molar-refractivity contribution in [3.8, 4) is 22.4 Å². The summed E-state index contributed by atoms with van der Waals surface area (Å²) in [5.41, 5.74) is 7.02. The van der Waals surface area contributed by atoms with Crippen LogP contribution in [0.3, 0.4) is 0 Å². The molecule has 1 nitrogen and oxygen atoms in total. The lowest BCUT2D eigenvalue weighted by molar-refractivity contribution is -0.659. The number of aromatic nitrogens is 1. The number of hydrogen-bond donors (Lipinski definition) is 0. The van der Waals surface area contributed by atoms with Gasteiger partial charge in [-0.05, 0) is 46.5 Å². The van der Waals surface area contributed by atoms with Crippen LogP contribution in [0.15, 0.2) is 79.0 Å². The van der Waals surface area contributed by atoms with Crippen molar-refractivity contribution < 1.29 is 4.57 Å². The average Bonchev–Trinajstić information content (AvgIpc) is 2.82. The first-order valence-corrected chi connectivity index (χ1v) is 15.3. The van der Waals surface area contributed by atoms with Crippen molar-refractivity contribution in [3.63, 3.8) is 0 Å². The zero-order chi connectivity index (χ0) is 23.2. The van der Waals surface area contributed by atoms with Crippen LogP contribution < -0.4 is 9.75 Å². The molecule has 0 amide bonds. The van der Waals surface area contributed by atoms with Crippen LogP contribution in [0.1, 0.15) is 32.3 Å². The lowest BCUT2D eigenvalue weighted by Crippen LogP contribution is -2.48. The molecule has 0 spiro atoms. The molecular formula is C31H36NSi+. The molecule has 2 heteroatoms. The summed E-state index contributed by atoms with van der Waals surface area (Å²) < 4.78 is 2.29. The minimum absolute atomic E-state index is 0.522. The standard InChI is InChI=1S/C31H36NSi/c1-23-21-25(24-9-7-6-8-10-24)11-13-28(23)30-29-14-12-27(22-26(29)15-18-32(30)4)33(5)19-16-31(2,3)17-20-33/h6-15,18,21-22H,16-17,19-20H2,1-5H3/q+1. The van der Waals surface area contributed by atoms with Gasteiger partial charge in [-0.1, -0.05) is 105 Å². The zero-order valence-electron chi connectivity index (χ0n) is 20.8. The van der Waals surface area contributed by atoms with Crippen molar-refractivity contribution in [2.75, 3.05) is 0 Å². The Morgan fingerprint density at radius 1 is 0.818 bits per heavy atom. The third-order valence-electron chi connectivity index (χ3n) is 8.13. The summed E-state index contributed by atoms with van der Waals surface area (Å²) in [6.45, 7) is 9.74. The maximum absolute atomic E-state index is 2.61. The smallest absolute Gasteiger partial charge is 0.200 e. The van der Waals surface area contributed by atoms with Crippen LogP contribution in [-0.4, -0.2) is 8.07 Å². The molecule has 33 heavy (non-hydrogen) atoms. The summed E-state index contributed by atoms with van der Waals surface area (Å²) in [6, 6.07) is 30.1. The van der Waals surface area contributed by atoms with Crippen molar-refractivity contribution in [2.45, 2.75) is 52.2 Å². The Kier molecular flexibility index (Phi) is 5.53. The van der Waals surface area contributed by atoms with Crippen molar-refractivity contribution >= 4 is 24.0 Å². The molecule has 1 aliphatic heterocycles. The van der Waals surface area contributed by atoms with E-state index in [0.717, 1.165) is 0 Å². The normalized spacial score (nSPS) is 17.2. The average molecular weight is 451 g/mol. The van der Waals surface area contributed by atoms with Crippen LogP contribution in [0.4, 0.5) is 0 Å². The Morgan fingerprint density at radius 3 is 2.24 bits per heavy atom. The van der Waals surface area contributed by atoms with E-state index in [2.05, 4.69) is 118 Å². The minimum atomic E-state index is -1.39. The summed E-state index contributed by atoms with van der Waals surface area (Å²) in [5.74, 6) is 0. The van der Waals surface area contributed by atoms with Crippen LogP contribution in [0.2, 0.25) is 18.6 Å². The van der Waals surface area contributed by atoms with Crippen LogP contribution in [0.25, 0.3) is 33.2 Å². The number of rotatable bonds is 3. The first-order valence-electron chi connectivity index (χ1n) is 12.4. The van der Waals surface area contributed by atoms with Gasteiger partial charge in [0.05, 0.1) is 13.5 Å². The topological polar surface area (TPSA) is 3.88 Å². The van der Waals surface area contributed by atoms with Gasteiger partial charge in [0.15, 0.2) is 6.20 Å². The lowest BCUT2D eigenvalue weighted by Gasteiger charge is -2.40. The highest BCUT2D eigenvalue weighted by Crippen LogP contribution is 2.40. The van der Waals surface area contributed by atoms with E-state index in [-0.39, 0.29) is 0 Å². The number of benzene rings is 3. The maximum Gasteiger partial charge on any atom is 0.220 e. The van der Waals surface area contributed by atoms with Crippen molar-refractivity contribution in [3.05, 3.63) is 84.6 Å². The van der Waals surface area contributed by atoms with Gasteiger partial charge in [-0.2, -0.15) is 0 Å². The van der Waals surface area contributed by atoms with E-state index < -0.39 is 8.07 Å². The number of hydrogen-bond acceptors (Lipinski definition) is 0. The van der Waals surface area contributed by atoms with E-state index >= 15 is 0 Å². The number of pyridine rings is 1. The van der Waals surface area contributed by atoms with E-state index in [1.807, 2.05) is 0 Å². The molecule has 168 valence electrons. The Labute approximate surface area is 200 Å². The summed E-state index contributed by atoms with van der Waals surface area (Å²) in [5, 5.41) is 4.38. The minimum Gasteiger partial charge on any atom is -0.200 e. The number of aryl methyl sites for hydroxylation is 2. The van der Waals surface area contributed by atoms with Gasteiger partial charge in [0.25, 0.3) is 0 Å². The molecule has 0 saturated carbocycles. The van der Waals surface area contributed by atoms with Crippen LogP contribution in [-0.2, 0) is 7.05 Å². The predicted octanol–water partition coefficient (Wildman–Crippen LogP) is 7.41. The molecule has 2 heterocycles. The Bertz CT molecular complexity index is 1310. The predicted molar refractivity (Wildman–Crippen MR) is 145 cm³/mol.